The van der Waals surface area contributed by atoms with Gasteiger partial charge >= 0.3 is 0 Å². The molecule has 0 N–H and O–H groups in total. The van der Waals surface area contributed by atoms with Crippen LogP contribution in [0.15, 0.2) is 0 Å². The topological polar surface area (TPSA) is 0 Å². The predicted octanol–water partition coefficient (Wildman–Crippen LogP) is 8.01. The molecule has 2 rings (SSSR count). The van der Waals surface area contributed by atoms with Crippen molar-refractivity contribution in [2.24, 2.45) is 21.7 Å². The van der Waals surface area contributed by atoms with Crippen molar-refractivity contribution < 1.29 is 0 Å². The third-order valence-electron chi connectivity index (χ3n) is 7.93. The first-order chi connectivity index (χ1) is 10.0. The second-order valence-corrected chi connectivity index (χ2v) is 10.1. The molecule has 22 heavy (non-hydrogen) atoms. The van der Waals surface area contributed by atoms with E-state index in [1.54, 1.807) is 0 Å². The van der Waals surface area contributed by atoms with Crippen molar-refractivity contribution in [1.82, 2.24) is 0 Å². The Hall–Kier alpha value is 0. The molecule has 0 unspecified atom stereocenters. The summed E-state index contributed by atoms with van der Waals surface area (Å²) in [5.74, 6) is 0. The zero-order valence-electron chi connectivity index (χ0n) is 17.1. The van der Waals surface area contributed by atoms with Crippen molar-refractivity contribution in [3.8, 4) is 0 Å². The minimum absolute atomic E-state index is 0.600. The highest BCUT2D eigenvalue weighted by Gasteiger charge is 2.44. The molecule has 0 spiro atoms. The van der Waals surface area contributed by atoms with Gasteiger partial charge in [0, 0.05) is 0 Å². The van der Waals surface area contributed by atoms with Gasteiger partial charge in [-0.2, -0.15) is 0 Å². The highest BCUT2D eigenvalue weighted by molar-refractivity contribution is 4.95. The highest BCUT2D eigenvalue weighted by Crippen LogP contribution is 2.55. The fraction of sp³-hybridized carbons (Fsp3) is 1.00. The molecule has 0 aromatic rings. The average molecular weight is 309 g/mol. The molecule has 2 saturated carbocycles. The molecule has 2 aliphatic rings. The van der Waals surface area contributed by atoms with Gasteiger partial charge in [0.05, 0.1) is 0 Å². The van der Waals surface area contributed by atoms with Gasteiger partial charge in [-0.25, -0.2) is 0 Å². The van der Waals surface area contributed by atoms with Gasteiger partial charge < -0.3 is 0 Å². The lowest BCUT2D eigenvalue weighted by molar-refractivity contribution is 0.118. The van der Waals surface area contributed by atoms with Gasteiger partial charge in [-0.15, -0.1) is 0 Å². The van der Waals surface area contributed by atoms with E-state index in [1.165, 1.54) is 64.2 Å². The van der Waals surface area contributed by atoms with Crippen LogP contribution in [0.5, 0.6) is 0 Å². The molecule has 0 aliphatic heterocycles. The molecule has 0 amide bonds. The first kappa shape index (κ1) is 20.0. The SMILES string of the molecule is CCC[C@@]1(C)CCCC1(C)C.CCC[C@]1(C)CCCC1(C)C. The molecule has 2 atom stereocenters. The Morgan fingerprint density at radius 3 is 1.05 bits per heavy atom. The van der Waals surface area contributed by atoms with E-state index in [0.717, 1.165) is 0 Å². The van der Waals surface area contributed by atoms with Gasteiger partial charge in [-0.3, -0.25) is 0 Å². The van der Waals surface area contributed by atoms with Crippen molar-refractivity contribution >= 4 is 0 Å². The summed E-state index contributed by atoms with van der Waals surface area (Å²) in [6.45, 7) is 19.3. The van der Waals surface area contributed by atoms with Crippen molar-refractivity contribution in [2.75, 3.05) is 0 Å². The summed E-state index contributed by atoms with van der Waals surface area (Å²) in [7, 11) is 0. The number of hydrogen-bond donors (Lipinski definition) is 0. The van der Waals surface area contributed by atoms with Crippen LogP contribution in [0.4, 0.5) is 0 Å². The minimum atomic E-state index is 0.600. The highest BCUT2D eigenvalue weighted by atomic mass is 14.5. The Morgan fingerprint density at radius 1 is 0.545 bits per heavy atom. The summed E-state index contributed by atoms with van der Waals surface area (Å²) < 4.78 is 0. The normalized spacial score (nSPS) is 36.0. The smallest absolute Gasteiger partial charge is 0.0275 e. The Kier molecular flexibility index (Phi) is 6.62. The molecule has 0 nitrogen and oxygen atoms in total. The monoisotopic (exact) mass is 308 g/mol. The molecule has 2 aliphatic carbocycles. The van der Waals surface area contributed by atoms with Gasteiger partial charge in [-0.1, -0.05) is 81.1 Å². The van der Waals surface area contributed by atoms with Gasteiger partial charge in [0.15, 0.2) is 0 Å². The minimum Gasteiger partial charge on any atom is -0.0654 e. The third kappa shape index (κ3) is 4.09. The molecular formula is C22H44. The largest absolute Gasteiger partial charge is 0.0654 e. The molecular weight excluding hydrogens is 264 g/mol. The molecule has 0 aromatic carbocycles. The molecule has 0 radical (unpaired) electrons. The van der Waals surface area contributed by atoms with Crippen molar-refractivity contribution in [3.63, 3.8) is 0 Å². The Morgan fingerprint density at radius 2 is 0.864 bits per heavy atom. The van der Waals surface area contributed by atoms with Crippen LogP contribution in [0.2, 0.25) is 0 Å². The first-order valence-electron chi connectivity index (χ1n) is 10.0. The second-order valence-electron chi connectivity index (χ2n) is 10.1. The van der Waals surface area contributed by atoms with Crippen LogP contribution in [0.3, 0.4) is 0 Å². The Bertz CT molecular complexity index is 304. The van der Waals surface area contributed by atoms with E-state index in [9.17, 15) is 0 Å². The fourth-order valence-corrected chi connectivity index (χ4v) is 5.15. The van der Waals surface area contributed by atoms with Crippen LogP contribution in [0.25, 0.3) is 0 Å². The average Bonchev–Trinajstić information content (AvgIpc) is 2.79. The lowest BCUT2D eigenvalue weighted by atomic mass is 9.67. The maximum absolute atomic E-state index is 2.48. The molecule has 0 saturated heterocycles. The molecule has 2 fully saturated rings. The zero-order chi connectivity index (χ0) is 17.1. The predicted molar refractivity (Wildman–Crippen MR) is 101 cm³/mol. The van der Waals surface area contributed by atoms with Gasteiger partial charge in [0.25, 0.3) is 0 Å². The van der Waals surface area contributed by atoms with Crippen LogP contribution in [-0.4, -0.2) is 0 Å². The second kappa shape index (κ2) is 7.27. The van der Waals surface area contributed by atoms with Gasteiger partial charge in [-0.05, 0) is 60.2 Å². The van der Waals surface area contributed by atoms with Crippen LogP contribution >= 0.6 is 0 Å². The van der Waals surface area contributed by atoms with Crippen molar-refractivity contribution in [1.29, 1.82) is 0 Å². The molecule has 0 heterocycles. The van der Waals surface area contributed by atoms with Crippen LogP contribution in [0.1, 0.15) is 120 Å². The summed E-state index contributed by atoms with van der Waals surface area (Å²) >= 11 is 0. The van der Waals surface area contributed by atoms with E-state index in [2.05, 4.69) is 55.4 Å². The van der Waals surface area contributed by atoms with E-state index in [-0.39, 0.29) is 0 Å². The summed E-state index contributed by atoms with van der Waals surface area (Å²) in [5, 5.41) is 0. The van der Waals surface area contributed by atoms with Crippen molar-refractivity contribution in [3.05, 3.63) is 0 Å². The van der Waals surface area contributed by atoms with Gasteiger partial charge in [0.1, 0.15) is 0 Å². The van der Waals surface area contributed by atoms with E-state index in [4.69, 9.17) is 0 Å². The van der Waals surface area contributed by atoms with Gasteiger partial charge in [0.2, 0.25) is 0 Å². The van der Waals surface area contributed by atoms with E-state index < -0.39 is 0 Å². The van der Waals surface area contributed by atoms with Crippen LogP contribution in [0, 0.1) is 21.7 Å². The summed E-state index contributed by atoms with van der Waals surface area (Å²) in [6, 6.07) is 0. The number of rotatable bonds is 4. The third-order valence-corrected chi connectivity index (χ3v) is 7.93. The first-order valence-corrected chi connectivity index (χ1v) is 10.0. The zero-order valence-corrected chi connectivity index (χ0v) is 17.1. The molecule has 0 heteroatoms. The quantitative estimate of drug-likeness (QED) is 0.493. The summed E-state index contributed by atoms with van der Waals surface area (Å²) in [6.07, 6.45) is 14.2. The Balaban J connectivity index is 0.000000220. The molecule has 0 aromatic heterocycles. The number of hydrogen-bond acceptors (Lipinski definition) is 0. The van der Waals surface area contributed by atoms with E-state index >= 15 is 0 Å². The summed E-state index contributed by atoms with van der Waals surface area (Å²) in [5.41, 5.74) is 2.48. The lowest BCUT2D eigenvalue weighted by Crippen LogP contribution is -2.29. The maximum atomic E-state index is 2.48. The molecule has 132 valence electrons. The lowest BCUT2D eigenvalue weighted by Gasteiger charge is -2.38. The summed E-state index contributed by atoms with van der Waals surface area (Å²) in [4.78, 5) is 0. The van der Waals surface area contributed by atoms with E-state index in [1.807, 2.05) is 0 Å². The van der Waals surface area contributed by atoms with Crippen LogP contribution in [-0.2, 0) is 0 Å². The maximum Gasteiger partial charge on any atom is -0.0275 e. The standard InChI is InChI=1S/2C11H22/c2*1-5-7-11(4)9-6-8-10(11,2)3/h2*5-9H2,1-4H3/t2*11-/m10/s1. The Labute approximate surface area is 141 Å². The fourth-order valence-electron chi connectivity index (χ4n) is 5.15. The van der Waals surface area contributed by atoms with Crippen LogP contribution < -0.4 is 0 Å². The van der Waals surface area contributed by atoms with E-state index in [0.29, 0.717) is 21.7 Å². The molecule has 0 bridgehead atoms. The van der Waals surface area contributed by atoms with Crippen molar-refractivity contribution in [2.45, 2.75) is 120 Å².